The van der Waals surface area contributed by atoms with Crippen LogP contribution in [0.1, 0.15) is 73.2 Å². The van der Waals surface area contributed by atoms with Crippen LogP contribution in [0.5, 0.6) is 5.75 Å². The van der Waals surface area contributed by atoms with Crippen LogP contribution in [0.25, 0.3) is 5.52 Å². The second-order valence-corrected chi connectivity index (χ2v) is 8.47. The van der Waals surface area contributed by atoms with E-state index in [1.165, 1.54) is 24.0 Å². The zero-order chi connectivity index (χ0) is 19.1. The number of benzene rings is 1. The van der Waals surface area contributed by atoms with Gasteiger partial charge in [0.2, 0.25) is 0 Å². The maximum absolute atomic E-state index is 11.4. The van der Waals surface area contributed by atoms with Gasteiger partial charge in [0.25, 0.3) is 0 Å². The van der Waals surface area contributed by atoms with Crippen LogP contribution in [0.15, 0.2) is 49.1 Å². The SMILES string of the molecule is COc1ccc(C2CCC(C(O)c3c(C4CC4)ccn4cncc34)CC2)cc1. The molecule has 2 saturated carbocycles. The van der Waals surface area contributed by atoms with Crippen LogP contribution in [0.3, 0.4) is 0 Å². The summed E-state index contributed by atoms with van der Waals surface area (Å²) in [6.45, 7) is 0. The van der Waals surface area contributed by atoms with Crippen LogP contribution >= 0.6 is 0 Å². The molecule has 0 aliphatic heterocycles. The van der Waals surface area contributed by atoms with E-state index in [1.54, 1.807) is 7.11 Å². The fourth-order valence-electron chi connectivity index (χ4n) is 4.98. The fourth-order valence-corrected chi connectivity index (χ4v) is 4.98. The summed E-state index contributed by atoms with van der Waals surface area (Å²) in [6.07, 6.45) is 12.3. The second kappa shape index (κ2) is 7.25. The Bertz CT molecular complexity index is 950. The van der Waals surface area contributed by atoms with Crippen molar-refractivity contribution in [1.82, 2.24) is 9.38 Å². The average Bonchev–Trinajstić information content (AvgIpc) is 3.49. The molecule has 0 saturated heterocycles. The number of aliphatic hydroxyl groups is 1. The van der Waals surface area contributed by atoms with Crippen LogP contribution in [0.4, 0.5) is 0 Å². The van der Waals surface area contributed by atoms with Crippen LogP contribution in [-0.4, -0.2) is 21.6 Å². The van der Waals surface area contributed by atoms with Crippen molar-refractivity contribution in [2.75, 3.05) is 7.11 Å². The molecule has 2 heterocycles. The molecule has 2 aliphatic carbocycles. The number of nitrogens with zero attached hydrogens (tertiary/aromatic N) is 2. The van der Waals surface area contributed by atoms with Gasteiger partial charge in [0.05, 0.1) is 31.3 Å². The lowest BCUT2D eigenvalue weighted by atomic mass is 9.75. The molecule has 2 aliphatic rings. The van der Waals surface area contributed by atoms with E-state index in [0.29, 0.717) is 17.8 Å². The molecule has 0 spiro atoms. The van der Waals surface area contributed by atoms with Gasteiger partial charge in [-0.3, -0.25) is 0 Å². The van der Waals surface area contributed by atoms with Crippen molar-refractivity contribution in [2.45, 2.75) is 56.5 Å². The first-order valence-corrected chi connectivity index (χ1v) is 10.5. The summed E-state index contributed by atoms with van der Waals surface area (Å²) in [7, 11) is 1.71. The number of ether oxygens (including phenoxy) is 1. The Balaban J connectivity index is 1.34. The van der Waals surface area contributed by atoms with Gasteiger partial charge in [-0.05, 0) is 85.6 Å². The number of aromatic nitrogens is 2. The number of imidazole rings is 1. The number of hydrogen-bond donors (Lipinski definition) is 1. The number of pyridine rings is 1. The molecule has 0 amide bonds. The predicted octanol–water partition coefficient (Wildman–Crippen LogP) is 5.23. The van der Waals surface area contributed by atoms with Gasteiger partial charge in [0.15, 0.2) is 0 Å². The zero-order valence-corrected chi connectivity index (χ0v) is 16.4. The number of fused-ring (bicyclic) bond motifs is 1. The summed E-state index contributed by atoms with van der Waals surface area (Å²) < 4.78 is 7.33. The third-order valence-electron chi connectivity index (χ3n) is 6.79. The monoisotopic (exact) mass is 376 g/mol. The highest BCUT2D eigenvalue weighted by atomic mass is 16.5. The van der Waals surface area contributed by atoms with E-state index in [1.807, 2.05) is 16.9 Å². The summed E-state index contributed by atoms with van der Waals surface area (Å²) in [5.41, 5.74) is 4.95. The molecular formula is C24H28N2O2. The molecule has 1 aromatic carbocycles. The molecule has 0 bridgehead atoms. The van der Waals surface area contributed by atoms with Crippen molar-refractivity contribution in [3.05, 3.63) is 65.7 Å². The largest absolute Gasteiger partial charge is 0.497 e. The third kappa shape index (κ3) is 3.20. The Morgan fingerprint density at radius 3 is 2.39 bits per heavy atom. The molecule has 3 aromatic rings. The number of rotatable bonds is 5. The standard InChI is InChI=1S/C24H28N2O2/c1-28-20-10-8-17(9-11-20)16-2-6-19(7-3-16)24(27)23-21(18-4-5-18)12-13-26-15-25-14-22(23)26/h8-16,18-19,24,27H,2-7H2,1H3. The van der Waals surface area contributed by atoms with Gasteiger partial charge in [-0.1, -0.05) is 12.1 Å². The molecule has 2 fully saturated rings. The molecule has 0 radical (unpaired) electrons. The molecule has 1 N–H and O–H groups in total. The summed E-state index contributed by atoms with van der Waals surface area (Å²) in [5.74, 6) is 2.45. The van der Waals surface area contributed by atoms with E-state index in [2.05, 4.69) is 41.5 Å². The molecule has 1 atom stereocenters. The summed E-state index contributed by atoms with van der Waals surface area (Å²) in [4.78, 5) is 4.32. The third-order valence-corrected chi connectivity index (χ3v) is 6.79. The summed E-state index contributed by atoms with van der Waals surface area (Å²) in [5, 5.41) is 11.4. The Morgan fingerprint density at radius 1 is 1.00 bits per heavy atom. The van der Waals surface area contributed by atoms with Crippen LogP contribution in [0.2, 0.25) is 0 Å². The molecule has 4 nitrogen and oxygen atoms in total. The van der Waals surface area contributed by atoms with Crippen molar-refractivity contribution in [2.24, 2.45) is 5.92 Å². The van der Waals surface area contributed by atoms with E-state index in [9.17, 15) is 5.11 Å². The molecule has 5 rings (SSSR count). The minimum atomic E-state index is -0.396. The number of methoxy groups -OCH3 is 1. The van der Waals surface area contributed by atoms with Gasteiger partial charge in [0.1, 0.15) is 5.75 Å². The predicted molar refractivity (Wildman–Crippen MR) is 110 cm³/mol. The molecule has 2 aromatic heterocycles. The summed E-state index contributed by atoms with van der Waals surface area (Å²) >= 11 is 0. The van der Waals surface area contributed by atoms with Crippen molar-refractivity contribution in [3.8, 4) is 5.75 Å². The quantitative estimate of drug-likeness (QED) is 0.663. The van der Waals surface area contributed by atoms with Crippen LogP contribution in [0, 0.1) is 5.92 Å². The van der Waals surface area contributed by atoms with Gasteiger partial charge >= 0.3 is 0 Å². The molecule has 4 heteroatoms. The Morgan fingerprint density at radius 2 is 1.71 bits per heavy atom. The second-order valence-electron chi connectivity index (χ2n) is 8.47. The molecule has 146 valence electrons. The van der Waals surface area contributed by atoms with Gasteiger partial charge in [-0.25, -0.2) is 4.98 Å². The lowest BCUT2D eigenvalue weighted by molar-refractivity contribution is 0.0810. The fraction of sp³-hybridized carbons (Fsp3) is 0.458. The van der Waals surface area contributed by atoms with Crippen molar-refractivity contribution in [3.63, 3.8) is 0 Å². The Hall–Kier alpha value is -2.33. The Labute approximate surface area is 166 Å². The zero-order valence-electron chi connectivity index (χ0n) is 16.4. The summed E-state index contributed by atoms with van der Waals surface area (Å²) in [6, 6.07) is 10.7. The highest BCUT2D eigenvalue weighted by molar-refractivity contribution is 5.59. The van der Waals surface area contributed by atoms with E-state index in [-0.39, 0.29) is 0 Å². The van der Waals surface area contributed by atoms with E-state index >= 15 is 0 Å². The highest BCUT2D eigenvalue weighted by Crippen LogP contribution is 2.48. The highest BCUT2D eigenvalue weighted by Gasteiger charge is 2.34. The van der Waals surface area contributed by atoms with Gasteiger partial charge in [0, 0.05) is 11.8 Å². The number of aliphatic hydroxyl groups excluding tert-OH is 1. The topological polar surface area (TPSA) is 46.8 Å². The lowest BCUT2D eigenvalue weighted by Crippen LogP contribution is -2.21. The molecular weight excluding hydrogens is 348 g/mol. The lowest BCUT2D eigenvalue weighted by Gasteiger charge is -2.33. The minimum Gasteiger partial charge on any atom is -0.497 e. The van der Waals surface area contributed by atoms with Crippen molar-refractivity contribution < 1.29 is 9.84 Å². The van der Waals surface area contributed by atoms with Gasteiger partial charge in [-0.2, -0.15) is 0 Å². The maximum atomic E-state index is 11.4. The number of hydrogen-bond acceptors (Lipinski definition) is 3. The molecule has 1 unspecified atom stereocenters. The smallest absolute Gasteiger partial charge is 0.118 e. The van der Waals surface area contributed by atoms with E-state index < -0.39 is 6.10 Å². The van der Waals surface area contributed by atoms with Gasteiger partial charge in [-0.15, -0.1) is 0 Å². The minimum absolute atomic E-state index is 0.327. The van der Waals surface area contributed by atoms with E-state index in [0.717, 1.165) is 42.5 Å². The molecule has 28 heavy (non-hydrogen) atoms. The van der Waals surface area contributed by atoms with Crippen molar-refractivity contribution >= 4 is 5.52 Å². The van der Waals surface area contributed by atoms with Crippen LogP contribution < -0.4 is 4.74 Å². The Kier molecular flexibility index (Phi) is 4.59. The van der Waals surface area contributed by atoms with Crippen molar-refractivity contribution in [1.29, 1.82) is 0 Å². The maximum Gasteiger partial charge on any atom is 0.118 e. The van der Waals surface area contributed by atoms with Crippen LogP contribution in [-0.2, 0) is 0 Å². The first-order valence-electron chi connectivity index (χ1n) is 10.5. The average molecular weight is 377 g/mol. The first-order chi connectivity index (χ1) is 13.7. The van der Waals surface area contributed by atoms with E-state index in [4.69, 9.17) is 4.74 Å². The normalized spacial score (nSPS) is 23.6. The van der Waals surface area contributed by atoms with Gasteiger partial charge < -0.3 is 14.2 Å². The first kappa shape index (κ1) is 17.7.